The molecule has 0 saturated carbocycles. The first-order valence-corrected chi connectivity index (χ1v) is 6.29. The molecule has 0 fully saturated rings. The van der Waals surface area contributed by atoms with Crippen LogP contribution in [0.15, 0.2) is 36.4 Å². The second kappa shape index (κ2) is 6.40. The molecule has 4 nitrogen and oxygen atoms in total. The molecule has 0 heterocycles. The van der Waals surface area contributed by atoms with E-state index in [1.54, 1.807) is 18.2 Å². The topological polar surface area (TPSA) is 73.5 Å². The summed E-state index contributed by atoms with van der Waals surface area (Å²) in [6.45, 7) is 1.78. The molecule has 0 saturated heterocycles. The smallest absolute Gasteiger partial charge is 0.489 e. The van der Waals surface area contributed by atoms with E-state index in [0.29, 0.717) is 11.1 Å². The molecule has 0 bridgehead atoms. The van der Waals surface area contributed by atoms with E-state index in [1.165, 1.54) is 18.2 Å². The van der Waals surface area contributed by atoms with Gasteiger partial charge < -0.3 is 14.8 Å². The van der Waals surface area contributed by atoms with Crippen molar-refractivity contribution in [3.63, 3.8) is 0 Å². The second-order valence-electron chi connectivity index (χ2n) is 4.62. The zero-order valence-electron chi connectivity index (χ0n) is 11.4. The molecule has 2 N–H and O–H groups in total. The van der Waals surface area contributed by atoms with Crippen molar-refractivity contribution in [2.75, 3.05) is 0 Å². The lowest BCUT2D eigenvalue weighted by molar-refractivity contribution is 0.305. The molecular weight excluding hydrogens is 272 g/mol. The normalized spacial score (nSPS) is 10.0. The van der Waals surface area contributed by atoms with Crippen LogP contribution in [0.25, 0.3) is 0 Å². The molecule has 0 aliphatic rings. The lowest BCUT2D eigenvalue weighted by Gasteiger charge is -2.12. The number of hydrogen-bond donors (Lipinski definition) is 2. The quantitative estimate of drug-likeness (QED) is 0.829. The summed E-state index contributed by atoms with van der Waals surface area (Å²) in [6, 6.07) is 10.7. The molecule has 21 heavy (non-hydrogen) atoms. The predicted octanol–water partition coefficient (Wildman–Crippen LogP) is 1.26. The minimum absolute atomic E-state index is 0.0383. The number of benzene rings is 2. The molecule has 6 heteroatoms. The van der Waals surface area contributed by atoms with E-state index in [2.05, 4.69) is 0 Å². The number of halogens is 1. The maximum absolute atomic E-state index is 13.2. The van der Waals surface area contributed by atoms with Crippen molar-refractivity contribution in [3.05, 3.63) is 58.9 Å². The van der Waals surface area contributed by atoms with E-state index in [0.717, 1.165) is 5.56 Å². The van der Waals surface area contributed by atoms with Gasteiger partial charge in [-0.05, 0) is 31.2 Å². The van der Waals surface area contributed by atoms with Gasteiger partial charge in [-0.1, -0.05) is 17.7 Å². The Morgan fingerprint density at radius 2 is 2.00 bits per heavy atom. The number of hydrogen-bond acceptors (Lipinski definition) is 4. The van der Waals surface area contributed by atoms with Crippen LogP contribution in [0.5, 0.6) is 5.75 Å². The Balaban J connectivity index is 2.25. The van der Waals surface area contributed by atoms with E-state index in [4.69, 9.17) is 10.00 Å². The third kappa shape index (κ3) is 3.60. The van der Waals surface area contributed by atoms with Gasteiger partial charge in [0.25, 0.3) is 0 Å². The molecule has 2 aromatic carbocycles. The van der Waals surface area contributed by atoms with Gasteiger partial charge in [0.1, 0.15) is 18.2 Å². The van der Waals surface area contributed by atoms with Crippen LogP contribution in [0.2, 0.25) is 0 Å². The summed E-state index contributed by atoms with van der Waals surface area (Å²) in [7, 11) is -1.66. The summed E-state index contributed by atoms with van der Waals surface area (Å²) in [5.74, 6) is -0.178. The number of nitrogens with zero attached hydrogens (tertiary/aromatic N) is 1. The molecule has 0 aromatic heterocycles. The fraction of sp³-hybridized carbons (Fsp3) is 0.133. The summed E-state index contributed by atoms with van der Waals surface area (Å²) < 4.78 is 18.7. The van der Waals surface area contributed by atoms with Crippen molar-refractivity contribution in [3.8, 4) is 11.8 Å². The summed E-state index contributed by atoms with van der Waals surface area (Å²) in [4.78, 5) is 0. The highest BCUT2D eigenvalue weighted by atomic mass is 19.1. The first-order valence-electron chi connectivity index (χ1n) is 6.29. The van der Waals surface area contributed by atoms with Crippen molar-refractivity contribution in [2.24, 2.45) is 0 Å². The zero-order valence-corrected chi connectivity index (χ0v) is 11.4. The fourth-order valence-corrected chi connectivity index (χ4v) is 1.95. The largest absolute Gasteiger partial charge is 0.492 e. The summed E-state index contributed by atoms with van der Waals surface area (Å²) in [5.41, 5.74) is 1.80. The zero-order chi connectivity index (χ0) is 15.4. The molecule has 0 unspecified atom stereocenters. The van der Waals surface area contributed by atoms with Crippen LogP contribution in [0.3, 0.4) is 0 Å². The Bertz CT molecular complexity index is 698. The van der Waals surface area contributed by atoms with Gasteiger partial charge in [0.2, 0.25) is 0 Å². The maximum atomic E-state index is 13.2. The maximum Gasteiger partial charge on any atom is 0.492 e. The molecule has 0 radical (unpaired) electrons. The van der Waals surface area contributed by atoms with E-state index >= 15 is 0 Å². The van der Waals surface area contributed by atoms with Crippen molar-refractivity contribution in [1.82, 2.24) is 0 Å². The Hall–Kier alpha value is -2.36. The standard InChI is InChI=1S/C15H13BFNO3/c1-10-2-5-15(14(6-10)16(19)20)21-9-12-7-13(17)4-3-11(12)8-18/h2-7,19-20H,9H2,1H3. The molecule has 2 aromatic rings. The van der Waals surface area contributed by atoms with Gasteiger partial charge >= 0.3 is 7.12 Å². The molecule has 0 spiro atoms. The highest BCUT2D eigenvalue weighted by Crippen LogP contribution is 2.16. The van der Waals surface area contributed by atoms with Gasteiger partial charge in [-0.3, -0.25) is 0 Å². The van der Waals surface area contributed by atoms with Crippen LogP contribution in [-0.2, 0) is 6.61 Å². The van der Waals surface area contributed by atoms with Crippen molar-refractivity contribution < 1.29 is 19.2 Å². The molecule has 0 atom stereocenters. The highest BCUT2D eigenvalue weighted by Gasteiger charge is 2.17. The summed E-state index contributed by atoms with van der Waals surface area (Å²) in [5, 5.41) is 27.6. The number of aryl methyl sites for hydroxylation is 1. The number of rotatable bonds is 4. The van der Waals surface area contributed by atoms with Crippen LogP contribution in [0.1, 0.15) is 16.7 Å². The van der Waals surface area contributed by atoms with Crippen molar-refractivity contribution in [1.29, 1.82) is 5.26 Å². The van der Waals surface area contributed by atoms with E-state index in [9.17, 15) is 14.4 Å². The van der Waals surface area contributed by atoms with Crippen LogP contribution >= 0.6 is 0 Å². The number of nitriles is 1. The second-order valence-corrected chi connectivity index (χ2v) is 4.62. The summed E-state index contributed by atoms with van der Waals surface area (Å²) >= 11 is 0. The van der Waals surface area contributed by atoms with E-state index < -0.39 is 12.9 Å². The van der Waals surface area contributed by atoms with Crippen LogP contribution in [-0.4, -0.2) is 17.2 Å². The van der Waals surface area contributed by atoms with E-state index in [-0.39, 0.29) is 17.8 Å². The van der Waals surface area contributed by atoms with Crippen molar-refractivity contribution in [2.45, 2.75) is 13.5 Å². The molecule has 0 aliphatic heterocycles. The first-order chi connectivity index (χ1) is 10.0. The Labute approximate surface area is 122 Å². The molecule has 0 aliphatic carbocycles. The third-order valence-electron chi connectivity index (χ3n) is 3.01. The van der Waals surface area contributed by atoms with Gasteiger partial charge in [-0.15, -0.1) is 0 Å². The minimum atomic E-state index is -1.66. The molecule has 0 amide bonds. The Kier molecular flexibility index (Phi) is 4.58. The lowest BCUT2D eigenvalue weighted by atomic mass is 9.79. The summed E-state index contributed by atoms with van der Waals surface area (Å²) in [6.07, 6.45) is 0. The van der Waals surface area contributed by atoms with Gasteiger partial charge in [0.05, 0.1) is 11.6 Å². The van der Waals surface area contributed by atoms with Crippen LogP contribution in [0.4, 0.5) is 4.39 Å². The molecule has 106 valence electrons. The Morgan fingerprint density at radius 3 is 2.67 bits per heavy atom. The third-order valence-corrected chi connectivity index (χ3v) is 3.01. The first kappa shape index (κ1) is 15.0. The van der Waals surface area contributed by atoms with Crippen LogP contribution in [0, 0.1) is 24.1 Å². The monoisotopic (exact) mass is 285 g/mol. The predicted molar refractivity (Wildman–Crippen MR) is 76.5 cm³/mol. The molecular formula is C15H13BFNO3. The van der Waals surface area contributed by atoms with E-state index in [1.807, 2.05) is 13.0 Å². The SMILES string of the molecule is Cc1ccc(OCc2cc(F)ccc2C#N)c(B(O)O)c1. The molecule has 2 rings (SSSR count). The van der Waals surface area contributed by atoms with Gasteiger partial charge in [0, 0.05) is 11.0 Å². The Morgan fingerprint density at radius 1 is 1.24 bits per heavy atom. The van der Waals surface area contributed by atoms with Gasteiger partial charge in [0.15, 0.2) is 0 Å². The average Bonchev–Trinajstić information content (AvgIpc) is 2.46. The minimum Gasteiger partial charge on any atom is -0.489 e. The highest BCUT2D eigenvalue weighted by molar-refractivity contribution is 6.59. The average molecular weight is 285 g/mol. The number of ether oxygens (including phenoxy) is 1. The fourth-order valence-electron chi connectivity index (χ4n) is 1.95. The van der Waals surface area contributed by atoms with Crippen LogP contribution < -0.4 is 10.2 Å². The lowest BCUT2D eigenvalue weighted by Crippen LogP contribution is -2.31. The van der Waals surface area contributed by atoms with Gasteiger partial charge in [-0.2, -0.15) is 5.26 Å². The van der Waals surface area contributed by atoms with Gasteiger partial charge in [-0.25, -0.2) is 4.39 Å². The van der Waals surface area contributed by atoms with Crippen molar-refractivity contribution >= 4 is 12.6 Å².